The van der Waals surface area contributed by atoms with Crippen LogP contribution in [0.5, 0.6) is 0 Å². The van der Waals surface area contributed by atoms with Crippen molar-refractivity contribution < 1.29 is 26.0 Å². The van der Waals surface area contributed by atoms with E-state index in [2.05, 4.69) is 38.7 Å². The van der Waals surface area contributed by atoms with Gasteiger partial charge in [0.15, 0.2) is 0 Å². The molecule has 1 aliphatic carbocycles. The van der Waals surface area contributed by atoms with Crippen LogP contribution in [0.2, 0.25) is 0 Å². The molecule has 1 saturated carbocycles. The van der Waals surface area contributed by atoms with E-state index in [1.165, 1.54) is 30.1 Å². The zero-order valence-corrected chi connectivity index (χ0v) is 15.5. The molecule has 0 aliphatic heterocycles. The van der Waals surface area contributed by atoms with Gasteiger partial charge in [-0.2, -0.15) is 0 Å². The number of allylic oxidation sites excluding steroid dienone is 1. The predicted molar refractivity (Wildman–Crippen MR) is 82.5 cm³/mol. The fraction of sp³-hybridized carbons (Fsp3) is 0.824. The van der Waals surface area contributed by atoms with E-state index in [0.29, 0.717) is 12.5 Å². The van der Waals surface area contributed by atoms with Gasteiger partial charge in [0.05, 0.1) is 0 Å². The number of rotatable bonds is 7. The van der Waals surface area contributed by atoms with Crippen LogP contribution in [0, 0.1) is 11.8 Å². The van der Waals surface area contributed by atoms with Gasteiger partial charge in [-0.05, 0) is 0 Å². The van der Waals surface area contributed by atoms with Crippen LogP contribution in [0.3, 0.4) is 0 Å². The molecule has 4 atom stereocenters. The average molecular weight is 392 g/mol. The van der Waals surface area contributed by atoms with Crippen molar-refractivity contribution in [3.8, 4) is 0 Å². The van der Waals surface area contributed by atoms with Gasteiger partial charge in [-0.25, -0.2) is 0 Å². The van der Waals surface area contributed by atoms with E-state index in [1.807, 2.05) is 0 Å². The van der Waals surface area contributed by atoms with Crippen LogP contribution in [0.25, 0.3) is 0 Å². The molecule has 1 N–H and O–H groups in total. The first-order chi connectivity index (χ1) is 9.56. The Bertz CT molecular complexity index is 305. The average Bonchev–Trinajstić information content (AvgIpc) is 2.49. The Hall–Kier alpha value is -0.0600. The molecule has 0 aromatic rings. The fourth-order valence-electron chi connectivity index (χ4n) is 3.03. The Morgan fingerprint density at radius 2 is 2.10 bits per heavy atom. The van der Waals surface area contributed by atoms with E-state index in [-0.39, 0.29) is 27.1 Å². The number of hydrogen-bond donors (Lipinski definition) is 1. The zero-order valence-electron chi connectivity index (χ0n) is 13.3. The first-order valence-corrected chi connectivity index (χ1v) is 10.8. The molecule has 0 spiro atoms. The Morgan fingerprint density at radius 3 is 2.75 bits per heavy atom. The van der Waals surface area contributed by atoms with Gasteiger partial charge in [-0.3, -0.25) is 0 Å². The van der Waals surface area contributed by atoms with E-state index < -0.39 is 0 Å². The van der Waals surface area contributed by atoms with E-state index in [4.69, 9.17) is 0 Å². The van der Waals surface area contributed by atoms with Crippen molar-refractivity contribution in [1.29, 1.82) is 0 Å². The molecular formula is C17H31INO-. The zero-order chi connectivity index (χ0) is 15.0. The SMILES string of the molecule is C=CCC[I-]C1CC(C)CC(NC(=O)CCC)CC1C. The van der Waals surface area contributed by atoms with Crippen molar-refractivity contribution in [3.05, 3.63) is 12.7 Å². The molecule has 3 heteroatoms. The van der Waals surface area contributed by atoms with Gasteiger partial charge < -0.3 is 0 Å². The van der Waals surface area contributed by atoms with E-state index >= 15 is 0 Å². The molecule has 0 saturated heterocycles. The third-order valence-corrected chi connectivity index (χ3v) is 8.16. The number of alkyl halides is 2. The summed E-state index contributed by atoms with van der Waals surface area (Å²) >= 11 is 0.281. The van der Waals surface area contributed by atoms with Crippen molar-refractivity contribution in [2.45, 2.75) is 69.3 Å². The molecule has 2 nitrogen and oxygen atoms in total. The molecule has 0 bridgehead atoms. The van der Waals surface area contributed by atoms with Crippen molar-refractivity contribution in [3.63, 3.8) is 0 Å². The normalized spacial score (nSPS) is 30.8. The van der Waals surface area contributed by atoms with Crippen LogP contribution in [0.4, 0.5) is 0 Å². The van der Waals surface area contributed by atoms with Crippen molar-refractivity contribution in [2.24, 2.45) is 11.8 Å². The number of halogens is 1. The van der Waals surface area contributed by atoms with E-state index in [9.17, 15) is 4.79 Å². The van der Waals surface area contributed by atoms with Crippen LogP contribution in [-0.4, -0.2) is 20.3 Å². The summed E-state index contributed by atoms with van der Waals surface area (Å²) in [5.41, 5.74) is 0. The summed E-state index contributed by atoms with van der Waals surface area (Å²) in [5.74, 6) is 1.77. The van der Waals surface area contributed by atoms with E-state index in [1.54, 1.807) is 0 Å². The van der Waals surface area contributed by atoms with Gasteiger partial charge in [-0.15, -0.1) is 0 Å². The second-order valence-corrected chi connectivity index (χ2v) is 9.80. The second kappa shape index (κ2) is 9.80. The van der Waals surface area contributed by atoms with Crippen molar-refractivity contribution in [1.82, 2.24) is 5.32 Å². The number of carbonyl (C=O) groups excluding carboxylic acids is 1. The minimum absolute atomic E-state index is 0.247. The minimum atomic E-state index is 0.247. The molecular weight excluding hydrogens is 361 g/mol. The van der Waals surface area contributed by atoms with Crippen LogP contribution in [0.15, 0.2) is 12.7 Å². The molecule has 1 rings (SSSR count). The number of hydrogen-bond acceptors (Lipinski definition) is 1. The molecule has 1 fully saturated rings. The third-order valence-electron chi connectivity index (χ3n) is 4.05. The molecule has 1 amide bonds. The standard InChI is InChI=1S/C17H31INO/c1-5-7-9-18-16-11-13(3)10-15(12-14(16)4)19-17(20)8-6-2/h5,13-16H,1,6-12H2,2-4H3,(H,19,20)/q-1. The molecule has 20 heavy (non-hydrogen) atoms. The molecule has 0 radical (unpaired) electrons. The Morgan fingerprint density at radius 1 is 1.35 bits per heavy atom. The molecule has 0 aromatic carbocycles. The summed E-state index contributed by atoms with van der Waals surface area (Å²) in [5, 5.41) is 3.27. The maximum absolute atomic E-state index is 11.8. The fourth-order valence-corrected chi connectivity index (χ4v) is 7.02. The molecule has 118 valence electrons. The molecule has 4 unspecified atom stereocenters. The molecule has 0 heterocycles. The summed E-state index contributed by atoms with van der Waals surface area (Å²) < 4.78 is 2.30. The van der Waals surface area contributed by atoms with Gasteiger partial charge in [0.1, 0.15) is 0 Å². The first-order valence-electron chi connectivity index (χ1n) is 8.04. The Balaban J connectivity index is 2.50. The van der Waals surface area contributed by atoms with Gasteiger partial charge in [-0.1, -0.05) is 0 Å². The maximum atomic E-state index is 11.8. The van der Waals surface area contributed by atoms with Crippen molar-refractivity contribution in [2.75, 3.05) is 4.43 Å². The number of amides is 1. The summed E-state index contributed by atoms with van der Waals surface area (Å²) in [4.78, 5) is 11.8. The van der Waals surface area contributed by atoms with Gasteiger partial charge >= 0.3 is 135 Å². The topological polar surface area (TPSA) is 29.1 Å². The van der Waals surface area contributed by atoms with Gasteiger partial charge in [0.25, 0.3) is 0 Å². The van der Waals surface area contributed by atoms with Crippen molar-refractivity contribution >= 4 is 5.91 Å². The van der Waals surface area contributed by atoms with E-state index in [0.717, 1.165) is 22.2 Å². The van der Waals surface area contributed by atoms with Gasteiger partial charge in [0, 0.05) is 0 Å². The summed E-state index contributed by atoms with van der Waals surface area (Å²) in [6, 6.07) is 0.410. The van der Waals surface area contributed by atoms with Crippen LogP contribution >= 0.6 is 0 Å². The second-order valence-electron chi connectivity index (χ2n) is 6.24. The quantitative estimate of drug-likeness (QED) is 0.224. The Labute approximate surface area is 135 Å². The summed E-state index contributed by atoms with van der Waals surface area (Å²) in [7, 11) is 0. The predicted octanol–water partition coefficient (Wildman–Crippen LogP) is 0.761. The summed E-state index contributed by atoms with van der Waals surface area (Å²) in [6.45, 7) is 10.7. The molecule has 0 aromatic heterocycles. The van der Waals surface area contributed by atoms with Crippen LogP contribution < -0.4 is 26.5 Å². The molecule has 1 aliphatic rings. The van der Waals surface area contributed by atoms with Gasteiger partial charge in [0.2, 0.25) is 0 Å². The summed E-state index contributed by atoms with van der Waals surface area (Å²) in [6.07, 6.45) is 8.57. The van der Waals surface area contributed by atoms with Crippen LogP contribution in [-0.2, 0) is 4.79 Å². The Kier molecular flexibility index (Phi) is 8.82. The van der Waals surface area contributed by atoms with Crippen LogP contribution in [0.1, 0.15) is 59.3 Å². The first kappa shape index (κ1) is 18.0. The number of nitrogens with one attached hydrogen (secondary N) is 1. The third kappa shape index (κ3) is 6.59. The monoisotopic (exact) mass is 392 g/mol. The number of carbonyl (C=O) groups is 1.